The van der Waals surface area contributed by atoms with Crippen molar-refractivity contribution >= 4 is 46.8 Å². The average Bonchev–Trinajstić information content (AvgIpc) is 3.00. The van der Waals surface area contributed by atoms with Gasteiger partial charge in [-0.2, -0.15) is 0 Å². The van der Waals surface area contributed by atoms with E-state index in [1.54, 1.807) is 0 Å². The topological polar surface area (TPSA) is 175 Å². The van der Waals surface area contributed by atoms with E-state index in [1.807, 2.05) is 64.1 Å². The molecular formula is C33H46N6O6. The van der Waals surface area contributed by atoms with Crippen molar-refractivity contribution in [2.75, 3.05) is 10.6 Å². The zero-order valence-corrected chi connectivity index (χ0v) is 26.7. The van der Waals surface area contributed by atoms with Gasteiger partial charge in [0, 0.05) is 49.9 Å². The van der Waals surface area contributed by atoms with Gasteiger partial charge >= 0.3 is 0 Å². The number of hydrazine groups is 2. The van der Waals surface area contributed by atoms with Crippen molar-refractivity contribution in [3.63, 3.8) is 0 Å². The molecule has 0 aliphatic heterocycles. The number of benzene rings is 2. The van der Waals surface area contributed by atoms with Gasteiger partial charge in [0.15, 0.2) is 0 Å². The second-order valence-corrected chi connectivity index (χ2v) is 11.2. The van der Waals surface area contributed by atoms with E-state index in [2.05, 4.69) is 32.3 Å². The molecule has 45 heavy (non-hydrogen) atoms. The molecule has 2 aromatic rings. The molecule has 12 nitrogen and oxygen atoms in total. The first-order valence-corrected chi connectivity index (χ1v) is 15.3. The number of rotatable bonds is 16. The van der Waals surface area contributed by atoms with Gasteiger partial charge in [-0.05, 0) is 74.9 Å². The predicted octanol–water partition coefficient (Wildman–Crippen LogP) is 4.08. The quantitative estimate of drug-likeness (QED) is 0.121. The Balaban J connectivity index is 1.44. The Morgan fingerprint density at radius 2 is 0.733 bits per heavy atom. The van der Waals surface area contributed by atoms with Crippen molar-refractivity contribution in [2.24, 2.45) is 0 Å². The first kappa shape index (κ1) is 36.5. The molecule has 0 spiro atoms. The molecular weight excluding hydrogens is 576 g/mol. The molecule has 0 bridgehead atoms. The van der Waals surface area contributed by atoms with E-state index in [4.69, 9.17) is 0 Å². The molecule has 12 heteroatoms. The number of carbonyl (C=O) groups is 6. The summed E-state index contributed by atoms with van der Waals surface area (Å²) in [5.41, 5.74) is 14.7. The fraction of sp³-hybridized carbons (Fsp3) is 0.455. The van der Waals surface area contributed by atoms with Gasteiger partial charge in [0.2, 0.25) is 35.4 Å². The van der Waals surface area contributed by atoms with Crippen LogP contribution >= 0.6 is 0 Å². The highest BCUT2D eigenvalue weighted by molar-refractivity contribution is 5.95. The monoisotopic (exact) mass is 622 g/mol. The molecule has 0 saturated carbocycles. The Labute approximate surface area is 264 Å². The fourth-order valence-corrected chi connectivity index (χ4v) is 4.25. The number of carbonyl (C=O) groups excluding carboxylic acids is 6. The van der Waals surface area contributed by atoms with Gasteiger partial charge in [-0.25, -0.2) is 0 Å². The first-order chi connectivity index (χ1) is 21.4. The van der Waals surface area contributed by atoms with Gasteiger partial charge in [0.1, 0.15) is 0 Å². The van der Waals surface area contributed by atoms with Crippen LogP contribution in [0.5, 0.6) is 0 Å². The van der Waals surface area contributed by atoms with E-state index < -0.39 is 11.8 Å². The highest BCUT2D eigenvalue weighted by Gasteiger charge is 2.11. The second-order valence-electron chi connectivity index (χ2n) is 11.2. The molecule has 0 fully saturated rings. The maximum atomic E-state index is 12.1. The van der Waals surface area contributed by atoms with Crippen molar-refractivity contribution in [2.45, 2.75) is 98.3 Å². The van der Waals surface area contributed by atoms with Crippen LogP contribution in [0.25, 0.3) is 0 Å². The smallest absolute Gasteiger partial charge is 0.238 e. The number of nitrogens with one attached hydrogen (secondary N) is 6. The van der Waals surface area contributed by atoms with Crippen LogP contribution in [0.1, 0.15) is 92.9 Å². The predicted molar refractivity (Wildman–Crippen MR) is 172 cm³/mol. The van der Waals surface area contributed by atoms with Crippen LogP contribution in [-0.4, -0.2) is 35.4 Å². The summed E-state index contributed by atoms with van der Waals surface area (Å²) in [4.78, 5) is 72.2. The van der Waals surface area contributed by atoms with Crippen LogP contribution in [0.15, 0.2) is 36.4 Å². The normalized spacial score (nSPS) is 10.4. The summed E-state index contributed by atoms with van der Waals surface area (Å²) in [5.74, 6) is -2.10. The van der Waals surface area contributed by atoms with Gasteiger partial charge in [0.25, 0.3) is 0 Å². The van der Waals surface area contributed by atoms with E-state index in [0.717, 1.165) is 41.5 Å². The first-order valence-electron chi connectivity index (χ1n) is 15.3. The minimum atomic E-state index is -0.451. The lowest BCUT2D eigenvalue weighted by atomic mass is 10.1. The Morgan fingerprint density at radius 3 is 1.11 bits per heavy atom. The molecule has 2 aromatic carbocycles. The lowest BCUT2D eigenvalue weighted by molar-refractivity contribution is -0.129. The van der Waals surface area contributed by atoms with E-state index in [0.29, 0.717) is 24.2 Å². The largest absolute Gasteiger partial charge is 0.326 e. The molecule has 244 valence electrons. The van der Waals surface area contributed by atoms with E-state index in [9.17, 15) is 28.8 Å². The maximum absolute atomic E-state index is 12.1. The minimum Gasteiger partial charge on any atom is -0.326 e. The average molecular weight is 623 g/mol. The molecule has 0 radical (unpaired) electrons. The summed E-state index contributed by atoms with van der Waals surface area (Å²) in [5, 5.41) is 5.59. The van der Waals surface area contributed by atoms with E-state index in [-0.39, 0.29) is 62.2 Å². The van der Waals surface area contributed by atoms with E-state index in [1.165, 1.54) is 0 Å². The standard InChI is InChI=1S/C33H46N6O6/c1-22-12-14-24(3)26(20-22)34-28(40)16-18-32(44)38-36-30(42)10-8-6-5-7-9-11-31(43)37-39-33(45)19-17-29(41)35-27-21-23(2)13-15-25(27)4/h12-15,20-21H,5-11,16-19H2,1-4H3,(H,34,40)(H,35,41)(H,36,42)(H,37,43)(H,38,44)(H,39,45). The lowest BCUT2D eigenvalue weighted by Crippen LogP contribution is -2.41. The fourth-order valence-electron chi connectivity index (χ4n) is 4.25. The summed E-state index contributed by atoms with van der Waals surface area (Å²) in [6, 6.07) is 11.5. The van der Waals surface area contributed by atoms with Crippen LogP contribution in [0.4, 0.5) is 11.4 Å². The van der Waals surface area contributed by atoms with Gasteiger partial charge in [0.05, 0.1) is 0 Å². The highest BCUT2D eigenvalue weighted by atomic mass is 16.2. The van der Waals surface area contributed by atoms with Crippen molar-refractivity contribution in [3.05, 3.63) is 58.7 Å². The van der Waals surface area contributed by atoms with E-state index >= 15 is 0 Å². The van der Waals surface area contributed by atoms with Gasteiger partial charge in [-0.15, -0.1) is 0 Å². The molecule has 6 amide bonds. The Bertz CT molecular complexity index is 1260. The molecule has 0 aromatic heterocycles. The third-order valence-corrected chi connectivity index (χ3v) is 6.98. The molecule has 0 aliphatic carbocycles. The van der Waals surface area contributed by atoms with Crippen LogP contribution in [0, 0.1) is 27.7 Å². The summed E-state index contributed by atoms with van der Waals surface area (Å²) < 4.78 is 0. The second kappa shape index (κ2) is 19.5. The number of hydrogen-bond donors (Lipinski definition) is 6. The number of hydrogen-bond acceptors (Lipinski definition) is 6. The molecule has 0 saturated heterocycles. The Morgan fingerprint density at radius 1 is 0.422 bits per heavy atom. The summed E-state index contributed by atoms with van der Waals surface area (Å²) in [6.07, 6.45) is 3.98. The maximum Gasteiger partial charge on any atom is 0.238 e. The highest BCUT2D eigenvalue weighted by Crippen LogP contribution is 2.17. The van der Waals surface area contributed by atoms with Crippen LogP contribution in [-0.2, 0) is 28.8 Å². The zero-order chi connectivity index (χ0) is 33.2. The molecule has 2 rings (SSSR count). The Kier molecular flexibility index (Phi) is 15.8. The number of amides is 6. The summed E-state index contributed by atoms with van der Waals surface area (Å²) >= 11 is 0. The summed E-state index contributed by atoms with van der Waals surface area (Å²) in [7, 11) is 0. The van der Waals surface area contributed by atoms with Crippen LogP contribution in [0.2, 0.25) is 0 Å². The van der Waals surface area contributed by atoms with Gasteiger partial charge in [-0.1, -0.05) is 43.5 Å². The number of anilines is 2. The van der Waals surface area contributed by atoms with Crippen molar-refractivity contribution in [1.82, 2.24) is 21.7 Å². The lowest BCUT2D eigenvalue weighted by Gasteiger charge is -2.10. The molecule has 6 N–H and O–H groups in total. The van der Waals surface area contributed by atoms with Crippen molar-refractivity contribution in [1.29, 1.82) is 0 Å². The van der Waals surface area contributed by atoms with Crippen molar-refractivity contribution < 1.29 is 28.8 Å². The number of unbranched alkanes of at least 4 members (excludes halogenated alkanes) is 4. The minimum absolute atomic E-state index is 0.00701. The SMILES string of the molecule is Cc1ccc(C)c(NC(=O)CCC(=O)NNC(=O)CCCCCCCC(=O)NNC(=O)CCC(=O)Nc2cc(C)ccc2C)c1. The van der Waals surface area contributed by atoms with Crippen LogP contribution < -0.4 is 32.3 Å². The molecule has 0 unspecified atom stereocenters. The third-order valence-electron chi connectivity index (χ3n) is 6.98. The summed E-state index contributed by atoms with van der Waals surface area (Å²) in [6.45, 7) is 7.64. The van der Waals surface area contributed by atoms with Crippen LogP contribution in [0.3, 0.4) is 0 Å². The molecule has 0 atom stereocenters. The Hall–Kier alpha value is -4.74. The molecule has 0 heterocycles. The van der Waals surface area contributed by atoms with Gasteiger partial charge in [-0.3, -0.25) is 50.5 Å². The third kappa shape index (κ3) is 15.5. The zero-order valence-electron chi connectivity index (χ0n) is 26.7. The number of aryl methyl sites for hydroxylation is 4. The molecule has 0 aliphatic rings. The van der Waals surface area contributed by atoms with Gasteiger partial charge < -0.3 is 10.6 Å². The van der Waals surface area contributed by atoms with Crippen molar-refractivity contribution in [3.8, 4) is 0 Å².